The molecule has 0 N–H and O–H groups in total. The van der Waals surface area contributed by atoms with Crippen molar-refractivity contribution in [2.75, 3.05) is 12.8 Å². The van der Waals surface area contributed by atoms with Gasteiger partial charge < -0.3 is 4.57 Å². The van der Waals surface area contributed by atoms with Gasteiger partial charge in [-0.2, -0.15) is 4.31 Å². The summed E-state index contributed by atoms with van der Waals surface area (Å²) < 4.78 is 27.4. The van der Waals surface area contributed by atoms with E-state index in [4.69, 9.17) is 0 Å². The number of aromatic nitrogens is 1. The number of aryl methyl sites for hydroxylation is 1. The molecule has 0 aliphatic carbocycles. The van der Waals surface area contributed by atoms with Crippen molar-refractivity contribution >= 4 is 10.0 Å². The maximum Gasteiger partial charge on any atom is 0.211 e. The van der Waals surface area contributed by atoms with Crippen molar-refractivity contribution in [2.45, 2.75) is 31.7 Å². The summed E-state index contributed by atoms with van der Waals surface area (Å²) in [6, 6.07) is 4.00. The third kappa shape index (κ3) is 2.72. The lowest BCUT2D eigenvalue weighted by atomic mass is 10.1. The Morgan fingerprint density at radius 3 is 2.65 bits per heavy atom. The van der Waals surface area contributed by atoms with E-state index >= 15 is 0 Å². The van der Waals surface area contributed by atoms with Crippen molar-refractivity contribution in [3.63, 3.8) is 0 Å². The number of hydrogen-bond acceptors (Lipinski definition) is 2. The molecule has 1 aromatic heterocycles. The number of rotatable bonds is 2. The van der Waals surface area contributed by atoms with Gasteiger partial charge in [-0.3, -0.25) is 0 Å². The van der Waals surface area contributed by atoms with E-state index in [1.54, 1.807) is 4.31 Å². The molecular formula is C12H20N2O2S. The fourth-order valence-corrected chi connectivity index (χ4v) is 3.73. The Kier molecular flexibility index (Phi) is 3.58. The first-order valence-corrected chi connectivity index (χ1v) is 7.93. The fraction of sp³-hybridized carbons (Fsp3) is 0.667. The zero-order chi connectivity index (χ0) is 12.5. The lowest BCUT2D eigenvalue weighted by Crippen LogP contribution is -2.34. The van der Waals surface area contributed by atoms with E-state index in [9.17, 15) is 8.42 Å². The van der Waals surface area contributed by atoms with Gasteiger partial charge in [-0.05, 0) is 25.0 Å². The summed E-state index contributed by atoms with van der Waals surface area (Å²) in [6.07, 6.45) is 7.39. The lowest BCUT2D eigenvalue weighted by Gasteiger charge is -2.28. The lowest BCUT2D eigenvalue weighted by molar-refractivity contribution is 0.320. The Hall–Kier alpha value is -0.810. The molecule has 17 heavy (non-hydrogen) atoms. The van der Waals surface area contributed by atoms with Crippen molar-refractivity contribution in [3.05, 3.63) is 24.0 Å². The standard InChI is InChI=1S/C12H20N2O2S/c1-13-9-6-8-11(13)12-7-4-3-5-10-14(12)17(2,15)16/h6,8-9,12H,3-5,7,10H2,1-2H3. The molecule has 96 valence electrons. The summed E-state index contributed by atoms with van der Waals surface area (Å²) in [6.45, 7) is 0.648. The smallest absolute Gasteiger partial charge is 0.211 e. The van der Waals surface area contributed by atoms with Crippen molar-refractivity contribution in [3.8, 4) is 0 Å². The summed E-state index contributed by atoms with van der Waals surface area (Å²) >= 11 is 0. The number of nitrogens with zero attached hydrogens (tertiary/aromatic N) is 2. The topological polar surface area (TPSA) is 42.3 Å². The van der Waals surface area contributed by atoms with Gasteiger partial charge in [0.2, 0.25) is 10.0 Å². The van der Waals surface area contributed by atoms with Gasteiger partial charge in [0.1, 0.15) is 0 Å². The highest BCUT2D eigenvalue weighted by molar-refractivity contribution is 7.88. The Balaban J connectivity index is 2.37. The molecule has 2 rings (SSSR count). The first kappa shape index (κ1) is 12.6. The molecule has 0 bridgehead atoms. The van der Waals surface area contributed by atoms with Crippen molar-refractivity contribution in [1.82, 2.24) is 8.87 Å². The van der Waals surface area contributed by atoms with E-state index < -0.39 is 10.0 Å². The summed E-state index contributed by atoms with van der Waals surface area (Å²) in [4.78, 5) is 0. The molecule has 2 heterocycles. The first-order valence-electron chi connectivity index (χ1n) is 6.08. The molecule has 1 saturated heterocycles. The second-order valence-electron chi connectivity index (χ2n) is 4.78. The van der Waals surface area contributed by atoms with Crippen LogP contribution in [0.3, 0.4) is 0 Å². The van der Waals surface area contributed by atoms with Crippen molar-refractivity contribution in [1.29, 1.82) is 0 Å². The monoisotopic (exact) mass is 256 g/mol. The largest absolute Gasteiger partial charge is 0.353 e. The van der Waals surface area contributed by atoms with Gasteiger partial charge in [-0.1, -0.05) is 12.8 Å². The molecule has 1 aliphatic heterocycles. The molecule has 1 aliphatic rings. The molecule has 1 atom stereocenters. The van der Waals surface area contributed by atoms with Crippen molar-refractivity contribution in [2.24, 2.45) is 7.05 Å². The van der Waals surface area contributed by atoms with E-state index in [2.05, 4.69) is 0 Å². The zero-order valence-corrected chi connectivity index (χ0v) is 11.3. The Morgan fingerprint density at radius 2 is 2.06 bits per heavy atom. The minimum atomic E-state index is -3.12. The molecule has 0 saturated carbocycles. The second kappa shape index (κ2) is 4.82. The van der Waals surface area contributed by atoms with E-state index in [-0.39, 0.29) is 6.04 Å². The predicted molar refractivity (Wildman–Crippen MR) is 68.2 cm³/mol. The van der Waals surface area contributed by atoms with Crippen LogP contribution in [0.2, 0.25) is 0 Å². The average molecular weight is 256 g/mol. The number of sulfonamides is 1. The van der Waals surface area contributed by atoms with Crippen LogP contribution in [0.25, 0.3) is 0 Å². The maximum absolute atomic E-state index is 11.9. The van der Waals surface area contributed by atoms with Crippen LogP contribution < -0.4 is 0 Å². The normalized spacial score (nSPS) is 23.5. The molecule has 1 fully saturated rings. The van der Waals surface area contributed by atoms with E-state index in [0.717, 1.165) is 31.4 Å². The quantitative estimate of drug-likeness (QED) is 0.811. The molecule has 5 heteroatoms. The van der Waals surface area contributed by atoms with Crippen LogP contribution >= 0.6 is 0 Å². The van der Waals surface area contributed by atoms with Gasteiger partial charge in [0.25, 0.3) is 0 Å². The molecule has 1 unspecified atom stereocenters. The molecule has 0 spiro atoms. The van der Waals surface area contributed by atoms with E-state index in [1.165, 1.54) is 6.26 Å². The van der Waals surface area contributed by atoms with Crippen LogP contribution in [0, 0.1) is 0 Å². The fourth-order valence-electron chi connectivity index (χ4n) is 2.59. The summed E-state index contributed by atoms with van der Waals surface area (Å²) in [5.41, 5.74) is 1.09. The maximum atomic E-state index is 11.9. The van der Waals surface area contributed by atoms with E-state index in [1.807, 2.05) is 29.9 Å². The summed E-state index contributed by atoms with van der Waals surface area (Å²) in [5.74, 6) is 0. The predicted octanol–water partition coefficient (Wildman–Crippen LogP) is 1.90. The summed E-state index contributed by atoms with van der Waals surface area (Å²) in [5, 5.41) is 0. The minimum absolute atomic E-state index is 0.00694. The first-order chi connectivity index (χ1) is 8.00. The van der Waals surface area contributed by atoms with Gasteiger partial charge in [0, 0.05) is 25.5 Å². The van der Waals surface area contributed by atoms with Gasteiger partial charge in [0.05, 0.1) is 12.3 Å². The Bertz CT molecular complexity index is 478. The van der Waals surface area contributed by atoms with Crippen LogP contribution in [0.1, 0.15) is 37.4 Å². The van der Waals surface area contributed by atoms with Gasteiger partial charge in [-0.15, -0.1) is 0 Å². The van der Waals surface area contributed by atoms with Crippen LogP contribution in [0.15, 0.2) is 18.3 Å². The zero-order valence-electron chi connectivity index (χ0n) is 10.5. The van der Waals surface area contributed by atoms with Crippen LogP contribution in [0.5, 0.6) is 0 Å². The van der Waals surface area contributed by atoms with Crippen molar-refractivity contribution < 1.29 is 8.42 Å². The molecule has 0 aromatic carbocycles. The molecule has 1 aromatic rings. The molecule has 4 nitrogen and oxygen atoms in total. The third-order valence-corrected chi connectivity index (χ3v) is 4.74. The Morgan fingerprint density at radius 1 is 1.29 bits per heavy atom. The summed E-state index contributed by atoms with van der Waals surface area (Å²) in [7, 11) is -1.15. The van der Waals surface area contributed by atoms with Gasteiger partial charge in [-0.25, -0.2) is 8.42 Å². The van der Waals surface area contributed by atoms with Gasteiger partial charge >= 0.3 is 0 Å². The number of hydrogen-bond donors (Lipinski definition) is 0. The minimum Gasteiger partial charge on any atom is -0.353 e. The van der Waals surface area contributed by atoms with E-state index in [0.29, 0.717) is 6.54 Å². The third-order valence-electron chi connectivity index (χ3n) is 3.46. The Labute approximate surface area is 103 Å². The molecular weight excluding hydrogens is 236 g/mol. The van der Waals surface area contributed by atoms with Crippen LogP contribution in [-0.2, 0) is 17.1 Å². The molecule has 0 radical (unpaired) electrons. The van der Waals surface area contributed by atoms with Crippen LogP contribution in [-0.4, -0.2) is 30.1 Å². The second-order valence-corrected chi connectivity index (χ2v) is 6.72. The highest BCUT2D eigenvalue weighted by Gasteiger charge is 2.30. The molecule has 0 amide bonds. The highest BCUT2D eigenvalue weighted by Crippen LogP contribution is 2.31. The SMILES string of the molecule is Cn1cccc1C1CCCCCN1S(C)(=O)=O. The van der Waals surface area contributed by atoms with Gasteiger partial charge in [0.15, 0.2) is 0 Å². The highest BCUT2D eigenvalue weighted by atomic mass is 32.2. The average Bonchev–Trinajstić information content (AvgIpc) is 2.52. The van der Waals surface area contributed by atoms with Crippen LogP contribution in [0.4, 0.5) is 0 Å².